The van der Waals surface area contributed by atoms with Crippen LogP contribution in [0, 0.1) is 0 Å². The lowest BCUT2D eigenvalue weighted by molar-refractivity contribution is 0.0378. The van der Waals surface area contributed by atoms with Gasteiger partial charge in [-0.1, -0.05) is 30.3 Å². The fourth-order valence-electron chi connectivity index (χ4n) is 3.94. The number of ether oxygens (including phenoxy) is 1. The predicted octanol–water partition coefficient (Wildman–Crippen LogP) is 4.08. The highest BCUT2D eigenvalue weighted by molar-refractivity contribution is 5.95. The molecule has 1 aliphatic heterocycles. The smallest absolute Gasteiger partial charge is 0.342 e. The van der Waals surface area contributed by atoms with Crippen molar-refractivity contribution in [3.05, 3.63) is 78.2 Å². The third-order valence-electron chi connectivity index (χ3n) is 5.41. The maximum absolute atomic E-state index is 12.5. The molecule has 1 unspecified atom stereocenters. The summed E-state index contributed by atoms with van der Waals surface area (Å²) in [4.78, 5) is 23.4. The summed E-state index contributed by atoms with van der Waals surface area (Å²) in [5.41, 5.74) is 4.09. The van der Waals surface area contributed by atoms with Gasteiger partial charge in [0.15, 0.2) is 0 Å². The summed E-state index contributed by atoms with van der Waals surface area (Å²) in [5.74, 6) is 0.383. The Bertz CT molecular complexity index is 1020. The molecule has 3 aromatic rings. The first-order valence-electron chi connectivity index (χ1n) is 10.7. The van der Waals surface area contributed by atoms with E-state index in [1.807, 2.05) is 26.1 Å². The predicted molar refractivity (Wildman–Crippen MR) is 122 cm³/mol. The fraction of sp³-hybridized carbons (Fsp3) is 0.320. The highest BCUT2D eigenvalue weighted by Crippen LogP contribution is 2.25. The van der Waals surface area contributed by atoms with E-state index in [-0.39, 0.29) is 12.1 Å². The molecule has 0 aliphatic carbocycles. The average Bonchev–Trinajstić information content (AvgIpc) is 3.27. The van der Waals surface area contributed by atoms with E-state index < -0.39 is 0 Å². The van der Waals surface area contributed by atoms with Crippen LogP contribution in [-0.4, -0.2) is 41.2 Å². The number of rotatable bonds is 7. The molecule has 0 bridgehead atoms. The Kier molecular flexibility index (Phi) is 6.57. The van der Waals surface area contributed by atoms with Crippen LogP contribution in [-0.2, 0) is 11.3 Å². The number of esters is 1. The highest BCUT2D eigenvalue weighted by Gasteiger charge is 2.27. The number of benzene rings is 1. The molecule has 1 atom stereocenters. The van der Waals surface area contributed by atoms with Gasteiger partial charge in [0, 0.05) is 49.8 Å². The zero-order valence-corrected chi connectivity index (χ0v) is 18.0. The summed E-state index contributed by atoms with van der Waals surface area (Å²) < 4.78 is 5.40. The molecule has 0 radical (unpaired) electrons. The van der Waals surface area contributed by atoms with Crippen LogP contribution >= 0.6 is 0 Å². The minimum atomic E-state index is -0.320. The molecule has 4 rings (SSSR count). The molecule has 1 fully saturated rings. The maximum Gasteiger partial charge on any atom is 0.342 e. The Labute approximate surface area is 183 Å². The molecular formula is C25H28N4O2. The lowest BCUT2D eigenvalue weighted by Gasteiger charge is -2.21. The van der Waals surface area contributed by atoms with Crippen LogP contribution < -0.4 is 10.2 Å². The molecule has 0 spiro atoms. The normalized spacial score (nSPS) is 16.0. The summed E-state index contributed by atoms with van der Waals surface area (Å²) in [6, 6.07) is 16.3. The Morgan fingerprint density at radius 2 is 2.00 bits per heavy atom. The Morgan fingerprint density at radius 1 is 1.16 bits per heavy atom. The van der Waals surface area contributed by atoms with E-state index in [9.17, 15) is 4.79 Å². The molecule has 6 heteroatoms. The van der Waals surface area contributed by atoms with E-state index in [0.29, 0.717) is 17.4 Å². The molecule has 160 valence electrons. The van der Waals surface area contributed by atoms with Crippen LogP contribution in [0.2, 0.25) is 0 Å². The van der Waals surface area contributed by atoms with Crippen molar-refractivity contribution in [2.24, 2.45) is 0 Å². The van der Waals surface area contributed by atoms with Crippen molar-refractivity contribution in [3.63, 3.8) is 0 Å². The number of hydrogen-bond donors (Lipinski definition) is 1. The van der Waals surface area contributed by atoms with Crippen molar-refractivity contribution in [2.75, 3.05) is 18.0 Å². The first kappa shape index (κ1) is 21.0. The molecule has 1 saturated heterocycles. The number of pyridine rings is 2. The topological polar surface area (TPSA) is 67.3 Å². The molecule has 1 aliphatic rings. The lowest BCUT2D eigenvalue weighted by atomic mass is 10.0. The molecule has 0 saturated carbocycles. The van der Waals surface area contributed by atoms with Crippen LogP contribution in [0.25, 0.3) is 11.1 Å². The molecule has 6 nitrogen and oxygen atoms in total. The first-order valence-corrected chi connectivity index (χ1v) is 10.7. The van der Waals surface area contributed by atoms with Crippen LogP contribution in [0.3, 0.4) is 0 Å². The average molecular weight is 417 g/mol. The molecule has 3 heterocycles. The summed E-state index contributed by atoms with van der Waals surface area (Å²) in [6.45, 7) is 6.13. The standard InChI is InChI=1S/C25H28N4O2/c1-18(2)31-25(30)23-10-6-13-27-24(23)29-14-11-21(17-29)28-16-20-7-3-4-9-22(20)19-8-5-12-26-15-19/h3-10,12-13,15,18,21,28H,11,14,16-17H2,1-2H3. The molecule has 0 amide bonds. The SMILES string of the molecule is CC(C)OC(=O)c1cccnc1N1CCC(NCc2ccccc2-c2cccnc2)C1. The van der Waals surface area contributed by atoms with Gasteiger partial charge in [-0.05, 0) is 49.6 Å². The van der Waals surface area contributed by atoms with Gasteiger partial charge in [-0.3, -0.25) is 4.98 Å². The van der Waals surface area contributed by atoms with E-state index in [2.05, 4.69) is 50.5 Å². The highest BCUT2D eigenvalue weighted by atomic mass is 16.5. The summed E-state index contributed by atoms with van der Waals surface area (Å²) in [6.07, 6.45) is 6.25. The van der Waals surface area contributed by atoms with Crippen LogP contribution in [0.5, 0.6) is 0 Å². The summed E-state index contributed by atoms with van der Waals surface area (Å²) >= 11 is 0. The summed E-state index contributed by atoms with van der Waals surface area (Å²) in [7, 11) is 0. The Hall–Kier alpha value is -3.25. The van der Waals surface area contributed by atoms with Crippen LogP contribution in [0.1, 0.15) is 36.2 Å². The molecule has 1 N–H and O–H groups in total. The summed E-state index contributed by atoms with van der Waals surface area (Å²) in [5, 5.41) is 3.68. The van der Waals surface area contributed by atoms with Gasteiger partial charge in [0.2, 0.25) is 0 Å². The second kappa shape index (κ2) is 9.71. The van der Waals surface area contributed by atoms with Crippen molar-refractivity contribution >= 4 is 11.8 Å². The third kappa shape index (κ3) is 5.09. The van der Waals surface area contributed by atoms with E-state index in [1.165, 1.54) is 11.1 Å². The minimum absolute atomic E-state index is 0.159. The van der Waals surface area contributed by atoms with Crippen molar-refractivity contribution < 1.29 is 9.53 Å². The van der Waals surface area contributed by atoms with Gasteiger partial charge in [-0.2, -0.15) is 0 Å². The minimum Gasteiger partial charge on any atom is -0.459 e. The van der Waals surface area contributed by atoms with Crippen LogP contribution in [0.4, 0.5) is 5.82 Å². The lowest BCUT2D eigenvalue weighted by Crippen LogP contribution is -2.33. The van der Waals surface area contributed by atoms with Gasteiger partial charge in [0.05, 0.1) is 6.10 Å². The van der Waals surface area contributed by atoms with Crippen molar-refractivity contribution in [2.45, 2.75) is 39.0 Å². The van der Waals surface area contributed by atoms with Gasteiger partial charge in [0.1, 0.15) is 11.4 Å². The molecular weight excluding hydrogens is 388 g/mol. The van der Waals surface area contributed by atoms with Gasteiger partial charge in [-0.15, -0.1) is 0 Å². The van der Waals surface area contributed by atoms with Crippen molar-refractivity contribution in [3.8, 4) is 11.1 Å². The number of anilines is 1. The third-order valence-corrected chi connectivity index (χ3v) is 5.41. The number of carbonyl (C=O) groups is 1. The van der Waals surface area contributed by atoms with E-state index in [1.54, 1.807) is 24.5 Å². The molecule has 1 aromatic carbocycles. The maximum atomic E-state index is 12.5. The fourth-order valence-corrected chi connectivity index (χ4v) is 3.94. The quantitative estimate of drug-likeness (QED) is 0.586. The largest absolute Gasteiger partial charge is 0.459 e. The van der Waals surface area contributed by atoms with E-state index in [4.69, 9.17) is 4.74 Å². The second-order valence-corrected chi connectivity index (χ2v) is 8.04. The van der Waals surface area contributed by atoms with Crippen LogP contribution in [0.15, 0.2) is 67.1 Å². The zero-order chi connectivity index (χ0) is 21.6. The zero-order valence-electron chi connectivity index (χ0n) is 18.0. The van der Waals surface area contributed by atoms with Gasteiger partial charge in [-0.25, -0.2) is 9.78 Å². The Morgan fingerprint density at radius 3 is 2.81 bits per heavy atom. The number of hydrogen-bond acceptors (Lipinski definition) is 6. The number of nitrogens with zero attached hydrogens (tertiary/aromatic N) is 3. The van der Waals surface area contributed by atoms with Gasteiger partial charge >= 0.3 is 5.97 Å². The number of aromatic nitrogens is 2. The van der Waals surface area contributed by atoms with Crippen molar-refractivity contribution in [1.82, 2.24) is 15.3 Å². The number of nitrogens with one attached hydrogen (secondary N) is 1. The van der Waals surface area contributed by atoms with Gasteiger partial charge < -0.3 is 15.0 Å². The Balaban J connectivity index is 1.42. The first-order chi connectivity index (χ1) is 15.1. The van der Waals surface area contributed by atoms with Gasteiger partial charge in [0.25, 0.3) is 0 Å². The van der Waals surface area contributed by atoms with E-state index in [0.717, 1.165) is 31.6 Å². The molecule has 31 heavy (non-hydrogen) atoms. The second-order valence-electron chi connectivity index (χ2n) is 8.04. The monoisotopic (exact) mass is 416 g/mol. The van der Waals surface area contributed by atoms with Crippen molar-refractivity contribution in [1.29, 1.82) is 0 Å². The molecule has 2 aromatic heterocycles. The number of carbonyl (C=O) groups excluding carboxylic acids is 1. The van der Waals surface area contributed by atoms with E-state index >= 15 is 0 Å².